The third kappa shape index (κ3) is 1.95. The van der Waals surface area contributed by atoms with Crippen LogP contribution in [0.5, 0.6) is 0 Å². The summed E-state index contributed by atoms with van der Waals surface area (Å²) >= 11 is 5.30. The maximum atomic E-state index is 12.9. The summed E-state index contributed by atoms with van der Waals surface area (Å²) in [5.74, 6) is -3.65. The van der Waals surface area contributed by atoms with E-state index in [1.807, 2.05) is 0 Å². The van der Waals surface area contributed by atoms with Crippen molar-refractivity contribution in [1.82, 2.24) is 0 Å². The molecule has 0 aliphatic carbocycles. The molecule has 5 heteroatoms. The number of aliphatic hydroxyl groups is 1. The maximum Gasteiger partial charge on any atom is 0.306 e. The van der Waals surface area contributed by atoms with E-state index >= 15 is 0 Å². The van der Waals surface area contributed by atoms with Gasteiger partial charge in [0.1, 0.15) is 0 Å². The van der Waals surface area contributed by atoms with Gasteiger partial charge in [0.25, 0.3) is 0 Å². The second-order valence-electron chi connectivity index (χ2n) is 2.28. The van der Waals surface area contributed by atoms with Gasteiger partial charge in [0.05, 0.1) is 0 Å². The first kappa shape index (κ1) is 9.48. The van der Waals surface area contributed by atoms with E-state index in [0.29, 0.717) is 0 Å². The molecule has 0 spiro atoms. The number of hydrogen-bond donors (Lipinski definition) is 1. The van der Waals surface area contributed by atoms with Crippen LogP contribution in [0.4, 0.5) is 8.78 Å². The minimum absolute atomic E-state index is 0.0809. The van der Waals surface area contributed by atoms with Crippen LogP contribution >= 0.6 is 11.6 Å². The highest BCUT2D eigenvalue weighted by molar-refractivity contribution is 6.28. The van der Waals surface area contributed by atoms with E-state index in [1.165, 1.54) is 6.07 Å². The Hall–Kier alpha value is -0.610. The van der Waals surface area contributed by atoms with Crippen molar-refractivity contribution in [2.24, 2.45) is 0 Å². The van der Waals surface area contributed by atoms with Gasteiger partial charge in [0.2, 0.25) is 0 Å². The molecule has 0 amide bonds. The summed E-state index contributed by atoms with van der Waals surface area (Å²) in [5.41, 5.74) is 0. The molecule has 1 heterocycles. The van der Waals surface area contributed by atoms with Gasteiger partial charge in [-0.25, -0.2) is 0 Å². The molecule has 1 rings (SSSR count). The van der Waals surface area contributed by atoms with Gasteiger partial charge in [-0.1, -0.05) is 0 Å². The highest BCUT2D eigenvalue weighted by Crippen LogP contribution is 2.33. The first-order valence-corrected chi connectivity index (χ1v) is 3.68. The van der Waals surface area contributed by atoms with Gasteiger partial charge < -0.3 is 9.52 Å². The van der Waals surface area contributed by atoms with E-state index in [9.17, 15) is 8.78 Å². The van der Waals surface area contributed by atoms with E-state index in [1.54, 1.807) is 0 Å². The van der Waals surface area contributed by atoms with Gasteiger partial charge >= 0.3 is 5.92 Å². The molecular weight excluding hydrogens is 190 g/mol. The fourth-order valence-electron chi connectivity index (χ4n) is 0.774. The van der Waals surface area contributed by atoms with Crippen molar-refractivity contribution in [2.75, 3.05) is 6.61 Å². The fourth-order valence-corrected chi connectivity index (χ4v) is 0.921. The molecule has 1 aromatic rings. The Balaban J connectivity index is 2.81. The normalized spacial score (nSPS) is 12.0. The van der Waals surface area contributed by atoms with E-state index in [4.69, 9.17) is 16.7 Å². The van der Waals surface area contributed by atoms with Crippen LogP contribution in [0.15, 0.2) is 16.5 Å². The zero-order valence-electron chi connectivity index (χ0n) is 6.06. The molecule has 0 atom stereocenters. The lowest BCUT2D eigenvalue weighted by Gasteiger charge is -2.10. The molecule has 0 aliphatic heterocycles. The second-order valence-corrected chi connectivity index (χ2v) is 2.65. The Bertz CT molecular complexity index is 260. The van der Waals surface area contributed by atoms with Gasteiger partial charge in [-0.05, 0) is 23.7 Å². The number of aliphatic hydroxyl groups excluding tert-OH is 1. The van der Waals surface area contributed by atoms with Crippen LogP contribution < -0.4 is 0 Å². The Morgan fingerprint density at radius 2 is 2.17 bits per heavy atom. The number of furan rings is 1. The molecule has 1 aromatic heterocycles. The van der Waals surface area contributed by atoms with Crippen molar-refractivity contribution in [3.8, 4) is 0 Å². The molecule has 0 saturated heterocycles. The molecule has 1 N–H and O–H groups in total. The minimum atomic E-state index is -3.14. The van der Waals surface area contributed by atoms with Crippen LogP contribution in [-0.2, 0) is 5.92 Å². The van der Waals surface area contributed by atoms with Crippen molar-refractivity contribution in [2.45, 2.75) is 12.3 Å². The van der Waals surface area contributed by atoms with Gasteiger partial charge in [0, 0.05) is 13.0 Å². The van der Waals surface area contributed by atoms with Gasteiger partial charge in [0.15, 0.2) is 11.0 Å². The predicted molar refractivity (Wildman–Crippen MR) is 39.3 cm³/mol. The summed E-state index contributed by atoms with van der Waals surface area (Å²) < 4.78 is 30.2. The highest BCUT2D eigenvalue weighted by atomic mass is 35.5. The quantitative estimate of drug-likeness (QED) is 0.806. The summed E-state index contributed by atoms with van der Waals surface area (Å²) in [6, 6.07) is 2.33. The van der Waals surface area contributed by atoms with Crippen molar-refractivity contribution in [3.05, 3.63) is 23.1 Å². The van der Waals surface area contributed by atoms with Gasteiger partial charge in [-0.3, -0.25) is 0 Å². The first-order valence-electron chi connectivity index (χ1n) is 3.31. The van der Waals surface area contributed by atoms with E-state index in [2.05, 4.69) is 4.42 Å². The first-order chi connectivity index (χ1) is 5.56. The largest absolute Gasteiger partial charge is 0.443 e. The Kier molecular flexibility index (Phi) is 2.69. The molecule has 0 radical (unpaired) electrons. The summed E-state index contributed by atoms with van der Waals surface area (Å²) in [4.78, 5) is 0. The molecule has 68 valence electrons. The van der Waals surface area contributed by atoms with E-state index in [-0.39, 0.29) is 5.22 Å². The number of halogens is 3. The van der Waals surface area contributed by atoms with Crippen molar-refractivity contribution < 1.29 is 18.3 Å². The molecule has 0 bridgehead atoms. The van der Waals surface area contributed by atoms with Crippen LogP contribution in [0.25, 0.3) is 0 Å². The summed E-state index contributed by atoms with van der Waals surface area (Å²) in [5, 5.41) is 8.23. The standard InChI is InChI=1S/C7H7ClF2O2/c8-6-2-1-5(12-6)7(9,10)3-4-11/h1-2,11H,3-4H2. The average molecular weight is 197 g/mol. The van der Waals surface area contributed by atoms with Crippen LogP contribution in [0.2, 0.25) is 5.22 Å². The van der Waals surface area contributed by atoms with Crippen LogP contribution in [0.3, 0.4) is 0 Å². The second kappa shape index (κ2) is 3.41. The predicted octanol–water partition coefficient (Wildman–Crippen LogP) is 2.41. The van der Waals surface area contributed by atoms with E-state index < -0.39 is 24.7 Å². The highest BCUT2D eigenvalue weighted by Gasteiger charge is 2.34. The number of hydrogen-bond acceptors (Lipinski definition) is 2. The van der Waals surface area contributed by atoms with Gasteiger partial charge in [-0.15, -0.1) is 0 Å². The zero-order valence-corrected chi connectivity index (χ0v) is 6.81. The van der Waals surface area contributed by atoms with Crippen molar-refractivity contribution >= 4 is 11.6 Å². The Labute approximate surface area is 72.7 Å². The minimum Gasteiger partial charge on any atom is -0.443 e. The van der Waals surface area contributed by atoms with Crippen LogP contribution in [0.1, 0.15) is 12.2 Å². The molecule has 0 aromatic carbocycles. The SMILES string of the molecule is OCCC(F)(F)c1ccc(Cl)o1. The fraction of sp³-hybridized carbons (Fsp3) is 0.429. The molecule has 2 nitrogen and oxygen atoms in total. The van der Waals surface area contributed by atoms with E-state index in [0.717, 1.165) is 6.07 Å². The van der Waals surface area contributed by atoms with Crippen LogP contribution in [-0.4, -0.2) is 11.7 Å². The lowest BCUT2D eigenvalue weighted by atomic mass is 10.2. The molecule has 0 saturated carbocycles. The van der Waals surface area contributed by atoms with Crippen molar-refractivity contribution in [1.29, 1.82) is 0 Å². The Morgan fingerprint density at radius 3 is 2.58 bits per heavy atom. The maximum absolute atomic E-state index is 12.9. The average Bonchev–Trinajstić information content (AvgIpc) is 2.36. The molecular formula is C7H7ClF2O2. The number of rotatable bonds is 3. The lowest BCUT2D eigenvalue weighted by Crippen LogP contribution is -2.13. The third-order valence-corrected chi connectivity index (χ3v) is 1.56. The van der Waals surface area contributed by atoms with Crippen LogP contribution in [0, 0.1) is 0 Å². The summed E-state index contributed by atoms with van der Waals surface area (Å²) in [6.07, 6.45) is -0.656. The molecule has 12 heavy (non-hydrogen) atoms. The molecule has 0 unspecified atom stereocenters. The molecule has 0 aliphatic rings. The smallest absolute Gasteiger partial charge is 0.306 e. The summed E-state index contributed by atoms with van der Waals surface area (Å²) in [7, 11) is 0. The third-order valence-electron chi connectivity index (χ3n) is 1.36. The number of alkyl halides is 2. The Morgan fingerprint density at radius 1 is 1.50 bits per heavy atom. The van der Waals surface area contributed by atoms with Crippen molar-refractivity contribution in [3.63, 3.8) is 0 Å². The summed E-state index contributed by atoms with van der Waals surface area (Å²) in [6.45, 7) is -0.592. The monoisotopic (exact) mass is 196 g/mol. The zero-order chi connectivity index (χ0) is 9.19. The lowest BCUT2D eigenvalue weighted by molar-refractivity contribution is -0.0459. The molecule has 0 fully saturated rings. The topological polar surface area (TPSA) is 33.4 Å². The van der Waals surface area contributed by atoms with Gasteiger partial charge in [-0.2, -0.15) is 8.78 Å².